The van der Waals surface area contributed by atoms with Crippen LogP contribution in [0, 0.1) is 0 Å². The summed E-state index contributed by atoms with van der Waals surface area (Å²) >= 11 is 4.91. The molecule has 1 amide bonds. The quantitative estimate of drug-likeness (QED) is 0.341. The molecule has 2 aromatic carbocycles. The Hall–Kier alpha value is -3.04. The van der Waals surface area contributed by atoms with Crippen LogP contribution >= 0.6 is 27.7 Å². The molecule has 0 unspecified atom stereocenters. The third-order valence-electron chi connectivity index (χ3n) is 4.34. The minimum Gasteiger partial charge on any atom is -0.484 e. The number of nitrogens with two attached hydrogens (primary N) is 1. The fraction of sp³-hybridized carbons (Fsp3) is 0.136. The van der Waals surface area contributed by atoms with E-state index in [-0.39, 0.29) is 6.61 Å². The monoisotopic (exact) mass is 498 g/mol. The van der Waals surface area contributed by atoms with Crippen LogP contribution in [-0.2, 0) is 17.1 Å². The van der Waals surface area contributed by atoms with Gasteiger partial charge >= 0.3 is 0 Å². The number of hydrogen-bond donors (Lipinski definition) is 1. The molecule has 2 aromatic heterocycles. The summed E-state index contributed by atoms with van der Waals surface area (Å²) in [4.78, 5) is 10.9. The maximum absolute atomic E-state index is 10.9. The summed E-state index contributed by atoms with van der Waals surface area (Å²) in [6.45, 7) is 0.468. The van der Waals surface area contributed by atoms with Gasteiger partial charge < -0.3 is 14.9 Å². The van der Waals surface area contributed by atoms with Gasteiger partial charge in [-0.25, -0.2) is 0 Å². The molecule has 0 aliphatic heterocycles. The molecule has 31 heavy (non-hydrogen) atoms. The Bertz CT molecular complexity index is 1180. The molecule has 7 nitrogen and oxygen atoms in total. The van der Waals surface area contributed by atoms with Crippen molar-refractivity contribution in [1.82, 2.24) is 14.8 Å². The minimum atomic E-state index is -0.508. The van der Waals surface area contributed by atoms with E-state index in [1.165, 1.54) is 0 Å². The van der Waals surface area contributed by atoms with Gasteiger partial charge in [0.25, 0.3) is 5.91 Å². The first-order valence-corrected chi connectivity index (χ1v) is 11.2. The van der Waals surface area contributed by atoms with Gasteiger partial charge in [-0.3, -0.25) is 9.36 Å². The fourth-order valence-corrected chi connectivity index (χ4v) is 4.14. The van der Waals surface area contributed by atoms with Crippen molar-refractivity contribution in [3.05, 3.63) is 82.5 Å². The zero-order chi connectivity index (χ0) is 21.6. The molecule has 0 bridgehead atoms. The summed E-state index contributed by atoms with van der Waals surface area (Å²) in [7, 11) is 0. The Morgan fingerprint density at radius 1 is 1.06 bits per heavy atom. The number of nitrogens with zero attached hydrogens (tertiary/aromatic N) is 3. The van der Waals surface area contributed by atoms with Gasteiger partial charge in [0.05, 0.1) is 6.54 Å². The van der Waals surface area contributed by atoms with Crippen LogP contribution in [0.1, 0.15) is 11.1 Å². The van der Waals surface area contributed by atoms with Crippen LogP contribution < -0.4 is 10.5 Å². The lowest BCUT2D eigenvalue weighted by Gasteiger charge is -2.10. The molecule has 0 atom stereocenters. The van der Waals surface area contributed by atoms with Crippen molar-refractivity contribution in [2.75, 3.05) is 6.61 Å². The van der Waals surface area contributed by atoms with Gasteiger partial charge in [0.15, 0.2) is 22.2 Å². The van der Waals surface area contributed by atoms with Gasteiger partial charge in [-0.1, -0.05) is 54.2 Å². The number of carbonyl (C=O) groups is 1. The van der Waals surface area contributed by atoms with Crippen molar-refractivity contribution in [2.24, 2.45) is 5.73 Å². The molecule has 4 aromatic rings. The van der Waals surface area contributed by atoms with Gasteiger partial charge in [-0.15, -0.1) is 10.2 Å². The highest BCUT2D eigenvalue weighted by Gasteiger charge is 2.18. The number of carbonyl (C=O) groups excluding carboxylic acids is 1. The Labute approximate surface area is 191 Å². The highest BCUT2D eigenvalue weighted by Crippen LogP contribution is 2.30. The van der Waals surface area contributed by atoms with E-state index in [1.807, 2.05) is 53.1 Å². The smallest absolute Gasteiger partial charge is 0.255 e. The number of thioether (sulfide) groups is 1. The first-order chi connectivity index (χ1) is 15.1. The molecule has 0 aliphatic carbocycles. The van der Waals surface area contributed by atoms with E-state index >= 15 is 0 Å². The Kier molecular flexibility index (Phi) is 6.73. The van der Waals surface area contributed by atoms with Gasteiger partial charge in [-0.2, -0.15) is 0 Å². The van der Waals surface area contributed by atoms with Crippen molar-refractivity contribution in [2.45, 2.75) is 17.5 Å². The van der Waals surface area contributed by atoms with Crippen molar-refractivity contribution in [3.8, 4) is 17.3 Å². The Morgan fingerprint density at radius 3 is 2.61 bits per heavy atom. The first kappa shape index (κ1) is 21.2. The van der Waals surface area contributed by atoms with Gasteiger partial charge in [0, 0.05) is 5.75 Å². The zero-order valence-corrected chi connectivity index (χ0v) is 18.8. The molecular formula is C22H19BrN4O3S. The average Bonchev–Trinajstić information content (AvgIpc) is 3.37. The molecule has 0 radical (unpaired) electrons. The molecule has 9 heteroatoms. The van der Waals surface area contributed by atoms with Crippen LogP contribution in [0.15, 0.2) is 81.0 Å². The molecular weight excluding hydrogens is 480 g/mol. The molecule has 4 rings (SSSR count). The van der Waals surface area contributed by atoms with E-state index in [4.69, 9.17) is 14.9 Å². The van der Waals surface area contributed by atoms with Crippen molar-refractivity contribution >= 4 is 33.6 Å². The molecule has 0 saturated heterocycles. The lowest BCUT2D eigenvalue weighted by molar-refractivity contribution is -0.119. The number of hydrogen-bond acceptors (Lipinski definition) is 6. The number of primary amides is 1. The number of amides is 1. The van der Waals surface area contributed by atoms with E-state index in [0.29, 0.717) is 34.3 Å². The molecule has 0 fully saturated rings. The third-order valence-corrected chi connectivity index (χ3v) is 5.81. The summed E-state index contributed by atoms with van der Waals surface area (Å²) in [6, 6.07) is 21.4. The maximum Gasteiger partial charge on any atom is 0.255 e. The van der Waals surface area contributed by atoms with Crippen LogP contribution in [0.25, 0.3) is 11.6 Å². The molecule has 2 heterocycles. The predicted octanol–water partition coefficient (Wildman–Crippen LogP) is 4.51. The van der Waals surface area contributed by atoms with Crippen LogP contribution in [0.5, 0.6) is 5.75 Å². The van der Waals surface area contributed by atoms with E-state index in [1.54, 1.807) is 17.8 Å². The van der Waals surface area contributed by atoms with Gasteiger partial charge in [0.2, 0.25) is 5.82 Å². The molecule has 2 N–H and O–H groups in total. The van der Waals surface area contributed by atoms with Crippen molar-refractivity contribution in [1.29, 1.82) is 0 Å². The second-order valence-electron chi connectivity index (χ2n) is 6.67. The summed E-state index contributed by atoms with van der Waals surface area (Å²) in [5.41, 5.74) is 7.32. The molecule has 0 spiro atoms. The lowest BCUT2D eigenvalue weighted by Crippen LogP contribution is -2.20. The van der Waals surface area contributed by atoms with Crippen LogP contribution in [0.3, 0.4) is 0 Å². The highest BCUT2D eigenvalue weighted by molar-refractivity contribution is 9.10. The number of ether oxygens (including phenoxy) is 1. The minimum absolute atomic E-state index is 0.149. The number of halogens is 1. The van der Waals surface area contributed by atoms with E-state index < -0.39 is 5.91 Å². The summed E-state index contributed by atoms with van der Waals surface area (Å²) in [5, 5.41) is 9.55. The third kappa shape index (κ3) is 5.56. The number of rotatable bonds is 9. The summed E-state index contributed by atoms with van der Waals surface area (Å²) in [5.74, 6) is 2.05. The second-order valence-corrected chi connectivity index (χ2v) is 8.40. The summed E-state index contributed by atoms with van der Waals surface area (Å²) < 4.78 is 13.8. The van der Waals surface area contributed by atoms with Gasteiger partial charge in [0.1, 0.15) is 5.75 Å². The Balaban J connectivity index is 1.56. The first-order valence-electron chi connectivity index (χ1n) is 9.44. The average molecular weight is 499 g/mol. The predicted molar refractivity (Wildman–Crippen MR) is 122 cm³/mol. The van der Waals surface area contributed by atoms with E-state index in [9.17, 15) is 4.79 Å². The van der Waals surface area contributed by atoms with Crippen LogP contribution in [-0.4, -0.2) is 27.3 Å². The highest BCUT2D eigenvalue weighted by atomic mass is 79.9. The van der Waals surface area contributed by atoms with E-state index in [0.717, 1.165) is 16.3 Å². The lowest BCUT2D eigenvalue weighted by atomic mass is 10.2. The van der Waals surface area contributed by atoms with Crippen molar-refractivity contribution < 1.29 is 13.9 Å². The largest absolute Gasteiger partial charge is 0.484 e. The second kappa shape index (κ2) is 9.84. The standard InChI is InChI=1S/C22H19BrN4O3S/c23-19-10-9-18(30-19)21-25-26-22(27(21)12-15-5-2-1-3-6-15)31-14-16-7-4-8-17(11-16)29-13-20(24)28/h1-11H,12-14H2,(H2,24,28). The number of furan rings is 1. The number of benzene rings is 2. The van der Waals surface area contributed by atoms with Crippen molar-refractivity contribution in [3.63, 3.8) is 0 Å². The van der Waals surface area contributed by atoms with Gasteiger partial charge in [-0.05, 0) is 51.3 Å². The summed E-state index contributed by atoms with van der Waals surface area (Å²) in [6.07, 6.45) is 0. The maximum atomic E-state index is 10.9. The molecule has 0 aliphatic rings. The topological polar surface area (TPSA) is 96.2 Å². The zero-order valence-electron chi connectivity index (χ0n) is 16.4. The number of aromatic nitrogens is 3. The normalized spacial score (nSPS) is 10.9. The van der Waals surface area contributed by atoms with Crippen LogP contribution in [0.2, 0.25) is 0 Å². The molecule has 158 valence electrons. The fourth-order valence-electron chi connectivity index (χ4n) is 2.95. The van der Waals surface area contributed by atoms with Crippen LogP contribution in [0.4, 0.5) is 0 Å². The Morgan fingerprint density at radius 2 is 1.87 bits per heavy atom. The SMILES string of the molecule is NC(=O)COc1cccc(CSc2nnc(-c3ccc(Br)o3)n2Cc2ccccc2)c1. The molecule has 0 saturated carbocycles. The van der Waals surface area contributed by atoms with E-state index in [2.05, 4.69) is 38.3 Å².